The summed E-state index contributed by atoms with van der Waals surface area (Å²) >= 11 is 0. The van der Waals surface area contributed by atoms with Crippen LogP contribution in [-0.2, 0) is 11.4 Å². The van der Waals surface area contributed by atoms with E-state index in [1.165, 1.54) is 17.0 Å². The number of aliphatic hydroxyl groups excluding tert-OH is 1. The van der Waals surface area contributed by atoms with Gasteiger partial charge in [-0.05, 0) is 32.6 Å². The molecule has 0 bridgehead atoms. The molecular formula is C16H29N7O6. The molecular weight excluding hydrogens is 386 g/mol. The lowest BCUT2D eigenvalue weighted by molar-refractivity contribution is -0.396. The van der Waals surface area contributed by atoms with Crippen LogP contribution in [0, 0.1) is 10.1 Å². The zero-order valence-corrected chi connectivity index (χ0v) is 17.0. The normalized spacial score (nSPS) is 13.7. The van der Waals surface area contributed by atoms with Gasteiger partial charge in [0.15, 0.2) is 0 Å². The van der Waals surface area contributed by atoms with Crippen LogP contribution in [0.25, 0.3) is 0 Å². The number of aliphatic hydroxyl groups is 1. The first kappa shape index (κ1) is 24.4. The molecule has 1 aromatic heterocycles. The summed E-state index contributed by atoms with van der Waals surface area (Å²) in [4.78, 5) is 19.4. The second-order valence-corrected chi connectivity index (χ2v) is 7.31. The number of aromatic nitrogens is 2. The molecule has 0 amide bonds. The van der Waals surface area contributed by atoms with Gasteiger partial charge in [-0.2, -0.15) is 5.48 Å². The van der Waals surface area contributed by atoms with Gasteiger partial charge in [-0.3, -0.25) is 4.84 Å². The number of imidazole rings is 1. The molecule has 0 fully saturated rings. The molecule has 13 heteroatoms. The zero-order valence-electron chi connectivity index (χ0n) is 17.0. The number of hydroxylamine groups is 1. The van der Waals surface area contributed by atoms with E-state index in [4.69, 9.17) is 10.0 Å². The molecule has 5 N–H and O–H groups in total. The van der Waals surface area contributed by atoms with Gasteiger partial charge >= 0.3 is 5.95 Å². The Hall–Kier alpha value is -2.61. The summed E-state index contributed by atoms with van der Waals surface area (Å²) in [5, 5.41) is 47.8. The zero-order chi connectivity index (χ0) is 22.1. The van der Waals surface area contributed by atoms with Crippen LogP contribution in [-0.4, -0.2) is 72.3 Å². The number of nitro groups is 1. The smallest absolute Gasteiger partial charge is 0.411 e. The van der Waals surface area contributed by atoms with E-state index in [1.807, 2.05) is 0 Å². The minimum Gasteiger partial charge on any atom is -0.411 e. The van der Waals surface area contributed by atoms with Crippen LogP contribution in [0.3, 0.4) is 0 Å². The van der Waals surface area contributed by atoms with Crippen LogP contribution in [0.4, 0.5) is 5.95 Å². The molecule has 13 nitrogen and oxygen atoms in total. The van der Waals surface area contributed by atoms with E-state index in [1.54, 1.807) is 27.7 Å². The second kappa shape index (κ2) is 10.8. The number of nitrogens with zero attached hydrogens (tertiary/aromatic N) is 5. The summed E-state index contributed by atoms with van der Waals surface area (Å²) in [6.45, 7) is 7.41. The number of oxime groups is 2. The maximum atomic E-state index is 10.9. The summed E-state index contributed by atoms with van der Waals surface area (Å²) in [6, 6.07) is 0. The number of aryl methyl sites for hydroxylation is 1. The first-order valence-electron chi connectivity index (χ1n) is 8.92. The number of rotatable bonds is 13. The van der Waals surface area contributed by atoms with Crippen LogP contribution in [0.15, 0.2) is 22.7 Å². The molecule has 0 atom stereocenters. The highest BCUT2D eigenvalue weighted by atomic mass is 16.6. The first-order chi connectivity index (χ1) is 13.6. The van der Waals surface area contributed by atoms with Gasteiger partial charge in [0.05, 0.1) is 36.5 Å². The lowest BCUT2D eigenvalue weighted by Gasteiger charge is -2.28. The van der Waals surface area contributed by atoms with E-state index in [0.717, 1.165) is 0 Å². The van der Waals surface area contributed by atoms with Crippen LogP contribution in [0.1, 0.15) is 34.1 Å². The molecule has 29 heavy (non-hydrogen) atoms. The van der Waals surface area contributed by atoms with Gasteiger partial charge in [-0.15, -0.1) is 0 Å². The number of hydrogen-bond acceptors (Lipinski definition) is 11. The summed E-state index contributed by atoms with van der Waals surface area (Å²) in [5.74, 6) is -0.285. The molecule has 0 unspecified atom stereocenters. The van der Waals surface area contributed by atoms with Crippen molar-refractivity contribution in [1.29, 1.82) is 0 Å². The first-order valence-corrected chi connectivity index (χ1v) is 8.92. The van der Waals surface area contributed by atoms with Crippen molar-refractivity contribution in [3.8, 4) is 0 Å². The molecule has 1 aromatic rings. The molecule has 164 valence electrons. The minimum absolute atomic E-state index is 0.189. The SMILES string of the molecule is CC(C)(NCCONC(C)(C)/C(CCn1ccnc1[N+](=O)[O-])=N/O)/C(CO)=N/O. The molecule has 0 aliphatic heterocycles. The van der Waals surface area contributed by atoms with Crippen molar-refractivity contribution in [3.63, 3.8) is 0 Å². The minimum atomic E-state index is -0.845. The van der Waals surface area contributed by atoms with Crippen molar-refractivity contribution in [2.24, 2.45) is 10.3 Å². The summed E-state index contributed by atoms with van der Waals surface area (Å²) < 4.78 is 1.36. The summed E-state index contributed by atoms with van der Waals surface area (Å²) in [7, 11) is 0. The quantitative estimate of drug-likeness (QED) is 0.101. The molecule has 0 aliphatic carbocycles. The predicted octanol–water partition coefficient (Wildman–Crippen LogP) is 0.502. The van der Waals surface area contributed by atoms with Gasteiger partial charge in [-0.1, -0.05) is 15.3 Å². The van der Waals surface area contributed by atoms with Gasteiger partial charge in [0, 0.05) is 13.0 Å². The maximum absolute atomic E-state index is 10.9. The lowest BCUT2D eigenvalue weighted by Crippen LogP contribution is -2.51. The number of hydrogen-bond donors (Lipinski definition) is 5. The van der Waals surface area contributed by atoms with Crippen LogP contribution < -0.4 is 10.8 Å². The van der Waals surface area contributed by atoms with E-state index in [9.17, 15) is 20.4 Å². The Kier molecular flexibility index (Phi) is 9.10. The highest BCUT2D eigenvalue weighted by Crippen LogP contribution is 2.13. The third-order valence-corrected chi connectivity index (χ3v) is 4.38. The van der Waals surface area contributed by atoms with Crippen LogP contribution in [0.2, 0.25) is 0 Å². The summed E-state index contributed by atoms with van der Waals surface area (Å²) in [5.41, 5.74) is 1.76. The van der Waals surface area contributed by atoms with Gasteiger partial charge in [-0.25, -0.2) is 4.57 Å². The van der Waals surface area contributed by atoms with Crippen molar-refractivity contribution < 1.29 is 25.3 Å². The molecule has 0 radical (unpaired) electrons. The Balaban J connectivity index is 2.51. The van der Waals surface area contributed by atoms with Gasteiger partial charge in [0.25, 0.3) is 0 Å². The number of nitrogens with one attached hydrogen (secondary N) is 2. The van der Waals surface area contributed by atoms with Gasteiger partial charge in [0.1, 0.15) is 18.1 Å². The van der Waals surface area contributed by atoms with E-state index in [2.05, 4.69) is 26.1 Å². The fourth-order valence-corrected chi connectivity index (χ4v) is 2.52. The third-order valence-electron chi connectivity index (χ3n) is 4.38. The average molecular weight is 415 g/mol. The Morgan fingerprint density at radius 1 is 1.28 bits per heavy atom. The van der Waals surface area contributed by atoms with Gasteiger partial charge < -0.3 is 31.0 Å². The Bertz CT molecular complexity index is 729. The van der Waals surface area contributed by atoms with Gasteiger partial charge in [0.2, 0.25) is 0 Å². The average Bonchev–Trinajstić information content (AvgIpc) is 3.11. The lowest BCUT2D eigenvalue weighted by atomic mass is 9.97. The molecule has 0 saturated carbocycles. The van der Waals surface area contributed by atoms with Crippen molar-refractivity contribution in [2.75, 3.05) is 19.8 Å². The standard InChI is InChI=1S/C16H29N7O6/c1-15(2,13(11-24)20-26)18-7-10-29-21-16(3,4)12(19-25)5-8-22-9-6-17-14(22)23(27)28/h6,9,18,21,24-26H,5,7-8,10-11H2,1-4H3/b19-12+,20-13+. The van der Waals surface area contributed by atoms with Crippen molar-refractivity contribution in [1.82, 2.24) is 20.3 Å². The Labute approximate surface area is 168 Å². The topological polar surface area (TPSA) is 180 Å². The molecule has 0 aliphatic rings. The van der Waals surface area contributed by atoms with E-state index in [0.29, 0.717) is 12.3 Å². The van der Waals surface area contributed by atoms with Crippen LogP contribution in [0.5, 0.6) is 0 Å². The second-order valence-electron chi connectivity index (χ2n) is 7.31. The molecule has 0 aromatic carbocycles. The maximum Gasteiger partial charge on any atom is 0.434 e. The van der Waals surface area contributed by atoms with Crippen molar-refractivity contribution >= 4 is 17.4 Å². The van der Waals surface area contributed by atoms with E-state index in [-0.39, 0.29) is 37.8 Å². The summed E-state index contributed by atoms with van der Waals surface area (Å²) in [6.07, 6.45) is 3.04. The van der Waals surface area contributed by atoms with Crippen molar-refractivity contribution in [3.05, 3.63) is 22.5 Å². The van der Waals surface area contributed by atoms with Crippen molar-refractivity contribution in [2.45, 2.75) is 51.7 Å². The molecule has 0 saturated heterocycles. The molecule has 1 rings (SSSR count). The fraction of sp³-hybridized carbons (Fsp3) is 0.688. The van der Waals surface area contributed by atoms with Crippen LogP contribution >= 0.6 is 0 Å². The molecule has 1 heterocycles. The Morgan fingerprint density at radius 2 is 1.93 bits per heavy atom. The highest BCUT2D eigenvalue weighted by molar-refractivity contribution is 5.93. The predicted molar refractivity (Wildman–Crippen MR) is 104 cm³/mol. The monoisotopic (exact) mass is 415 g/mol. The Morgan fingerprint density at radius 3 is 2.48 bits per heavy atom. The van der Waals surface area contributed by atoms with E-state index < -0.39 is 16.0 Å². The van der Waals surface area contributed by atoms with E-state index >= 15 is 0 Å². The third kappa shape index (κ3) is 7.05. The molecule has 0 spiro atoms. The largest absolute Gasteiger partial charge is 0.434 e. The fourth-order valence-electron chi connectivity index (χ4n) is 2.52. The highest BCUT2D eigenvalue weighted by Gasteiger charge is 2.28.